The SMILES string of the molecule is COc1ccc(C(OC[C@@H]2O[C@@H](n3cc(C)c(=O)[nH]c3=O)[C@H](O[Si](C)(C)C(C)(C)C)[C@@H]2C(C#N)COP(O)N(C(C)C)C(C)C)(c2ccccc2)c2ccc(OC)cc2)cc1. The van der Waals surface area contributed by atoms with Crippen LogP contribution in [0.1, 0.15) is 76.9 Å². The second-order valence-corrected chi connectivity index (χ2v) is 23.6. The first kappa shape index (κ1) is 47.9. The maximum absolute atomic E-state index is 13.7. The highest BCUT2D eigenvalue weighted by molar-refractivity contribution is 7.43. The van der Waals surface area contributed by atoms with E-state index in [4.69, 9.17) is 27.9 Å². The van der Waals surface area contributed by atoms with Gasteiger partial charge in [0.05, 0.1) is 51.6 Å². The Kier molecular flexibility index (Phi) is 15.6. The minimum Gasteiger partial charge on any atom is -0.497 e. The van der Waals surface area contributed by atoms with Crippen molar-refractivity contribution in [3.63, 3.8) is 0 Å². The Morgan fingerprint density at radius 1 is 0.902 bits per heavy atom. The highest BCUT2D eigenvalue weighted by atomic mass is 31.2. The first-order valence-electron chi connectivity index (χ1n) is 20.7. The lowest BCUT2D eigenvalue weighted by Crippen LogP contribution is -2.50. The molecule has 1 saturated heterocycles. The molecule has 13 nitrogen and oxygen atoms in total. The zero-order valence-corrected chi connectivity index (χ0v) is 39.4. The molecule has 2 heterocycles. The molecule has 4 aromatic rings. The van der Waals surface area contributed by atoms with Crippen LogP contribution in [-0.2, 0) is 24.0 Å². The second-order valence-electron chi connectivity index (χ2n) is 17.6. The Bertz CT molecular complexity index is 2150. The van der Waals surface area contributed by atoms with E-state index in [-0.39, 0.29) is 30.3 Å². The third-order valence-corrected chi connectivity index (χ3v) is 18.1. The molecule has 0 spiro atoms. The average molecular weight is 875 g/mol. The minimum absolute atomic E-state index is 0.0240. The summed E-state index contributed by atoms with van der Waals surface area (Å²) in [5.74, 6) is -0.314. The number of nitrogens with one attached hydrogen (secondary N) is 1. The Morgan fingerprint density at radius 3 is 1.90 bits per heavy atom. The van der Waals surface area contributed by atoms with Gasteiger partial charge in [-0.3, -0.25) is 14.3 Å². The number of hydrogen-bond acceptors (Lipinski definition) is 11. The van der Waals surface area contributed by atoms with Gasteiger partial charge < -0.3 is 32.8 Å². The van der Waals surface area contributed by atoms with Gasteiger partial charge in [-0.2, -0.15) is 5.26 Å². The monoisotopic (exact) mass is 874 g/mol. The molecule has 0 aliphatic carbocycles. The van der Waals surface area contributed by atoms with Crippen LogP contribution >= 0.6 is 8.53 Å². The summed E-state index contributed by atoms with van der Waals surface area (Å²) in [5, 5.41) is 10.8. The van der Waals surface area contributed by atoms with Crippen molar-refractivity contribution >= 4 is 16.8 Å². The molecule has 3 aromatic carbocycles. The molecular formula is C46H63N4O9PSi. The molecule has 0 radical (unpaired) electrons. The van der Waals surface area contributed by atoms with Crippen LogP contribution in [0.3, 0.4) is 0 Å². The van der Waals surface area contributed by atoms with Crippen LogP contribution in [0.25, 0.3) is 0 Å². The number of hydrogen-bond donors (Lipinski definition) is 2. The summed E-state index contributed by atoms with van der Waals surface area (Å²) in [5.41, 5.74) is 0.307. The number of benzene rings is 3. The van der Waals surface area contributed by atoms with E-state index in [2.05, 4.69) is 44.9 Å². The number of rotatable bonds is 18. The van der Waals surface area contributed by atoms with Gasteiger partial charge in [0.2, 0.25) is 0 Å². The molecule has 0 amide bonds. The van der Waals surface area contributed by atoms with Crippen LogP contribution in [0, 0.1) is 30.1 Å². The van der Waals surface area contributed by atoms with Gasteiger partial charge in [-0.05, 0) is 93.7 Å². The molecule has 2 N–H and O–H groups in total. The quantitative estimate of drug-likeness (QED) is 0.0564. The number of nitriles is 1. The number of aromatic nitrogens is 2. The first-order chi connectivity index (χ1) is 28.8. The van der Waals surface area contributed by atoms with E-state index in [1.165, 1.54) is 10.8 Å². The number of ether oxygens (including phenoxy) is 4. The van der Waals surface area contributed by atoms with Crippen LogP contribution < -0.4 is 20.7 Å². The van der Waals surface area contributed by atoms with E-state index in [0.717, 1.165) is 16.7 Å². The van der Waals surface area contributed by atoms with Crippen molar-refractivity contribution in [2.45, 2.75) is 110 Å². The van der Waals surface area contributed by atoms with Gasteiger partial charge in [0.15, 0.2) is 14.5 Å². The molecule has 330 valence electrons. The normalized spacial score (nSPS) is 19.6. The largest absolute Gasteiger partial charge is 0.497 e. The van der Waals surface area contributed by atoms with E-state index in [1.807, 2.05) is 111 Å². The third-order valence-electron chi connectivity index (χ3n) is 12.0. The fourth-order valence-electron chi connectivity index (χ4n) is 7.76. The van der Waals surface area contributed by atoms with Crippen molar-refractivity contribution < 1.29 is 32.8 Å². The van der Waals surface area contributed by atoms with Crippen molar-refractivity contribution in [2.75, 3.05) is 27.4 Å². The maximum Gasteiger partial charge on any atom is 0.330 e. The fraction of sp³-hybridized carbons (Fsp3) is 0.500. The highest BCUT2D eigenvalue weighted by Crippen LogP contribution is 2.49. The van der Waals surface area contributed by atoms with Crippen LogP contribution in [0.2, 0.25) is 18.1 Å². The van der Waals surface area contributed by atoms with Gasteiger partial charge in [-0.1, -0.05) is 75.4 Å². The molecule has 2 unspecified atom stereocenters. The molecule has 1 aromatic heterocycles. The molecule has 1 aliphatic rings. The number of aryl methyl sites for hydroxylation is 1. The van der Waals surface area contributed by atoms with Crippen LogP contribution in [0.15, 0.2) is 94.6 Å². The molecule has 0 bridgehead atoms. The topological polar surface area (TPSA) is 158 Å². The first-order valence-corrected chi connectivity index (χ1v) is 24.8. The van der Waals surface area contributed by atoms with Crippen molar-refractivity contribution in [3.05, 3.63) is 128 Å². The van der Waals surface area contributed by atoms with Crippen LogP contribution in [0.5, 0.6) is 11.5 Å². The van der Waals surface area contributed by atoms with Crippen molar-refractivity contribution in [3.8, 4) is 17.6 Å². The predicted octanol–water partition coefficient (Wildman–Crippen LogP) is 8.27. The van der Waals surface area contributed by atoms with Gasteiger partial charge in [0.1, 0.15) is 17.1 Å². The summed E-state index contributed by atoms with van der Waals surface area (Å²) in [6.07, 6.45) is -1.35. The Hall–Kier alpha value is -4.16. The lowest BCUT2D eigenvalue weighted by atomic mass is 9.79. The Balaban J connectivity index is 1.72. The number of H-pyrrole nitrogens is 1. The summed E-state index contributed by atoms with van der Waals surface area (Å²) in [4.78, 5) is 40.3. The smallest absolute Gasteiger partial charge is 0.330 e. The molecular weight excluding hydrogens is 812 g/mol. The summed E-state index contributed by atoms with van der Waals surface area (Å²) in [7, 11) is -1.53. The van der Waals surface area contributed by atoms with E-state index in [1.54, 1.807) is 21.1 Å². The lowest BCUT2D eigenvalue weighted by Gasteiger charge is -2.42. The van der Waals surface area contributed by atoms with Gasteiger partial charge in [-0.15, -0.1) is 0 Å². The van der Waals surface area contributed by atoms with Gasteiger partial charge in [-0.25, -0.2) is 9.46 Å². The molecule has 6 atom stereocenters. The zero-order chi connectivity index (χ0) is 44.9. The molecule has 1 fully saturated rings. The standard InChI is InChI=1S/C46H63N4O9PSi/c1-30(2)50(31(3)4)60(53)57-28-33(26-47)40-39(58-43(41(40)59-61(11,12)45(6,7)8)49-27-32(5)42(51)48-44(49)52)29-56-46(34-16-14-13-15-17-34,35-18-22-37(54-9)23-19-35)36-20-24-38(55-10)25-21-36/h13-25,27,30-31,33,39-41,43,53H,28-29H2,1-12H3,(H,48,51,52)/t33?,39-,40+,41+,43+,60?/m0/s1. The number of nitrogens with zero attached hydrogens (tertiary/aromatic N) is 3. The fourth-order valence-corrected chi connectivity index (χ4v) is 10.3. The van der Waals surface area contributed by atoms with E-state index in [9.17, 15) is 19.7 Å². The Labute approximate surface area is 362 Å². The summed E-state index contributed by atoms with van der Waals surface area (Å²) in [6, 6.07) is 27.7. The average Bonchev–Trinajstić information content (AvgIpc) is 3.56. The summed E-state index contributed by atoms with van der Waals surface area (Å²) in [6.45, 7) is 19.9. The zero-order valence-electron chi connectivity index (χ0n) is 37.5. The Morgan fingerprint density at radius 2 is 1.43 bits per heavy atom. The summed E-state index contributed by atoms with van der Waals surface area (Å²) >= 11 is 0. The van der Waals surface area contributed by atoms with Crippen LogP contribution in [-0.4, -0.2) is 79.2 Å². The van der Waals surface area contributed by atoms with Crippen molar-refractivity contribution in [1.82, 2.24) is 14.2 Å². The summed E-state index contributed by atoms with van der Waals surface area (Å²) < 4.78 is 42.2. The van der Waals surface area contributed by atoms with E-state index in [0.29, 0.717) is 17.1 Å². The second kappa shape index (κ2) is 19.9. The minimum atomic E-state index is -2.68. The van der Waals surface area contributed by atoms with Gasteiger partial charge in [0.25, 0.3) is 14.1 Å². The predicted molar refractivity (Wildman–Crippen MR) is 240 cm³/mol. The molecule has 15 heteroatoms. The van der Waals surface area contributed by atoms with E-state index >= 15 is 0 Å². The van der Waals surface area contributed by atoms with Crippen molar-refractivity contribution in [1.29, 1.82) is 5.26 Å². The number of aromatic amines is 1. The van der Waals surface area contributed by atoms with Gasteiger partial charge in [0, 0.05) is 29.8 Å². The molecule has 5 rings (SSSR count). The molecule has 61 heavy (non-hydrogen) atoms. The molecule has 1 aliphatic heterocycles. The lowest BCUT2D eigenvalue weighted by molar-refractivity contribution is -0.0915. The maximum atomic E-state index is 13.7. The van der Waals surface area contributed by atoms with E-state index < -0.39 is 64.0 Å². The highest BCUT2D eigenvalue weighted by Gasteiger charge is 2.55. The molecule has 0 saturated carbocycles. The number of methoxy groups -OCH3 is 2. The van der Waals surface area contributed by atoms with Crippen LogP contribution in [0.4, 0.5) is 0 Å². The third kappa shape index (κ3) is 10.4. The van der Waals surface area contributed by atoms with Gasteiger partial charge >= 0.3 is 5.69 Å². The van der Waals surface area contributed by atoms with Crippen molar-refractivity contribution in [2.24, 2.45) is 11.8 Å².